The summed E-state index contributed by atoms with van der Waals surface area (Å²) in [5, 5.41) is 8.27. The smallest absolute Gasteiger partial charge is 0.194 e. The van der Waals surface area contributed by atoms with Crippen LogP contribution in [0.2, 0.25) is 5.02 Å². The summed E-state index contributed by atoms with van der Waals surface area (Å²) >= 11 is 6.18. The van der Waals surface area contributed by atoms with Gasteiger partial charge in [0.25, 0.3) is 0 Å². The van der Waals surface area contributed by atoms with Crippen LogP contribution in [0.5, 0.6) is 0 Å². The Morgan fingerprint density at radius 1 is 1.27 bits per heavy atom. The number of rotatable bonds is 4. The molecule has 0 bridgehead atoms. The standard InChI is InChI=1S/C18H26ClN7/c1-4-20-18(21-12-17-22-13-23-24(17)3)26-9-7-25(8-10-26)16-11-15(19)6-5-14(16)2/h5-6,11,13H,4,7-10,12H2,1-3H3,(H,20,21). The summed E-state index contributed by atoms with van der Waals surface area (Å²) in [7, 11) is 1.89. The first-order valence-corrected chi connectivity index (χ1v) is 9.33. The van der Waals surface area contributed by atoms with Crippen LogP contribution in [0.4, 0.5) is 5.69 Å². The highest BCUT2D eigenvalue weighted by molar-refractivity contribution is 6.30. The van der Waals surface area contributed by atoms with E-state index in [4.69, 9.17) is 16.6 Å². The van der Waals surface area contributed by atoms with Gasteiger partial charge >= 0.3 is 0 Å². The van der Waals surface area contributed by atoms with E-state index < -0.39 is 0 Å². The van der Waals surface area contributed by atoms with Crippen LogP contribution in [0.25, 0.3) is 0 Å². The first kappa shape index (κ1) is 18.5. The summed E-state index contributed by atoms with van der Waals surface area (Å²) in [5.74, 6) is 1.78. The Morgan fingerprint density at radius 3 is 2.69 bits per heavy atom. The van der Waals surface area contributed by atoms with E-state index in [0.29, 0.717) is 6.54 Å². The normalized spacial score (nSPS) is 15.5. The number of piperazine rings is 1. The molecule has 1 aliphatic heterocycles. The number of aryl methyl sites for hydroxylation is 2. The molecule has 0 amide bonds. The van der Waals surface area contributed by atoms with Crippen LogP contribution in [-0.4, -0.2) is 58.3 Å². The largest absolute Gasteiger partial charge is 0.368 e. The Kier molecular flexibility index (Phi) is 5.98. The summed E-state index contributed by atoms with van der Waals surface area (Å²) in [6.07, 6.45) is 1.56. The minimum atomic E-state index is 0.520. The van der Waals surface area contributed by atoms with E-state index in [-0.39, 0.29) is 0 Å². The van der Waals surface area contributed by atoms with Crippen LogP contribution in [-0.2, 0) is 13.6 Å². The minimum absolute atomic E-state index is 0.520. The maximum absolute atomic E-state index is 6.18. The zero-order valence-electron chi connectivity index (χ0n) is 15.6. The molecule has 0 radical (unpaired) electrons. The third kappa shape index (κ3) is 4.27. The zero-order chi connectivity index (χ0) is 18.5. The lowest BCUT2D eigenvalue weighted by Gasteiger charge is -2.38. The lowest BCUT2D eigenvalue weighted by Crippen LogP contribution is -2.52. The number of anilines is 1. The summed E-state index contributed by atoms with van der Waals surface area (Å²) in [6.45, 7) is 9.28. The van der Waals surface area contributed by atoms with Crippen LogP contribution < -0.4 is 10.2 Å². The van der Waals surface area contributed by atoms with Gasteiger partial charge < -0.3 is 15.1 Å². The number of aromatic nitrogens is 3. The van der Waals surface area contributed by atoms with Crippen molar-refractivity contribution in [1.29, 1.82) is 0 Å². The van der Waals surface area contributed by atoms with Gasteiger partial charge in [-0.2, -0.15) is 5.10 Å². The van der Waals surface area contributed by atoms with Crippen molar-refractivity contribution in [2.45, 2.75) is 20.4 Å². The number of halogens is 1. The highest BCUT2D eigenvalue weighted by Crippen LogP contribution is 2.25. The van der Waals surface area contributed by atoms with Crippen LogP contribution in [0.1, 0.15) is 18.3 Å². The van der Waals surface area contributed by atoms with Crippen molar-refractivity contribution >= 4 is 23.2 Å². The van der Waals surface area contributed by atoms with Gasteiger partial charge in [-0.15, -0.1) is 0 Å². The number of nitrogens with zero attached hydrogens (tertiary/aromatic N) is 6. The Hall–Kier alpha value is -2.28. The van der Waals surface area contributed by atoms with Gasteiger partial charge in [0.1, 0.15) is 18.7 Å². The maximum Gasteiger partial charge on any atom is 0.194 e. The van der Waals surface area contributed by atoms with Gasteiger partial charge in [-0.3, -0.25) is 4.68 Å². The number of benzene rings is 1. The van der Waals surface area contributed by atoms with Gasteiger partial charge in [-0.05, 0) is 31.5 Å². The molecule has 1 aromatic heterocycles. The number of guanidine groups is 1. The Labute approximate surface area is 159 Å². The Bertz CT molecular complexity index is 763. The molecule has 0 saturated carbocycles. The number of hydrogen-bond donors (Lipinski definition) is 1. The SMILES string of the molecule is CCNC(=NCc1ncnn1C)N1CCN(c2cc(Cl)ccc2C)CC1. The molecule has 2 heterocycles. The molecule has 0 spiro atoms. The predicted molar refractivity (Wildman–Crippen MR) is 106 cm³/mol. The molecular weight excluding hydrogens is 350 g/mol. The molecule has 3 rings (SSSR count). The molecule has 1 aliphatic rings. The highest BCUT2D eigenvalue weighted by Gasteiger charge is 2.21. The van der Waals surface area contributed by atoms with Crippen molar-refractivity contribution in [3.8, 4) is 0 Å². The molecule has 0 aliphatic carbocycles. The van der Waals surface area contributed by atoms with Gasteiger partial charge in [-0.25, -0.2) is 9.98 Å². The van der Waals surface area contributed by atoms with E-state index in [1.54, 1.807) is 11.0 Å². The van der Waals surface area contributed by atoms with Crippen LogP contribution in [0.3, 0.4) is 0 Å². The molecule has 1 fully saturated rings. The molecule has 8 heteroatoms. The predicted octanol–water partition coefficient (Wildman–Crippen LogP) is 2.06. The molecule has 1 N–H and O–H groups in total. The van der Waals surface area contributed by atoms with E-state index in [1.165, 1.54) is 11.3 Å². The molecule has 1 saturated heterocycles. The number of nitrogens with one attached hydrogen (secondary N) is 1. The Balaban J connectivity index is 1.66. The molecule has 0 unspecified atom stereocenters. The monoisotopic (exact) mass is 375 g/mol. The second-order valence-electron chi connectivity index (χ2n) is 6.37. The van der Waals surface area contributed by atoms with E-state index in [9.17, 15) is 0 Å². The van der Waals surface area contributed by atoms with Crippen molar-refractivity contribution in [1.82, 2.24) is 25.0 Å². The molecule has 0 atom stereocenters. The quantitative estimate of drug-likeness (QED) is 0.654. The fourth-order valence-corrected chi connectivity index (χ4v) is 3.28. The van der Waals surface area contributed by atoms with Gasteiger partial charge in [0, 0.05) is 50.5 Å². The molecule has 140 valence electrons. The van der Waals surface area contributed by atoms with E-state index in [2.05, 4.69) is 51.2 Å². The first-order chi connectivity index (χ1) is 12.6. The van der Waals surface area contributed by atoms with Crippen molar-refractivity contribution < 1.29 is 0 Å². The van der Waals surface area contributed by atoms with Crippen LogP contribution >= 0.6 is 11.6 Å². The molecule has 1 aromatic carbocycles. The van der Waals surface area contributed by atoms with Crippen molar-refractivity contribution in [3.63, 3.8) is 0 Å². The van der Waals surface area contributed by atoms with E-state index >= 15 is 0 Å². The fraction of sp³-hybridized carbons (Fsp3) is 0.500. The summed E-state index contributed by atoms with van der Waals surface area (Å²) < 4.78 is 1.76. The van der Waals surface area contributed by atoms with Gasteiger partial charge in [0.05, 0.1) is 0 Å². The van der Waals surface area contributed by atoms with Crippen LogP contribution in [0, 0.1) is 6.92 Å². The molecule has 7 nitrogen and oxygen atoms in total. The van der Waals surface area contributed by atoms with Crippen molar-refractivity contribution in [2.75, 3.05) is 37.6 Å². The molecule has 2 aromatic rings. The third-order valence-electron chi connectivity index (χ3n) is 4.60. The lowest BCUT2D eigenvalue weighted by atomic mass is 10.1. The summed E-state index contributed by atoms with van der Waals surface area (Å²) in [4.78, 5) is 13.7. The Morgan fingerprint density at radius 2 is 2.04 bits per heavy atom. The van der Waals surface area contributed by atoms with Gasteiger partial charge in [0.2, 0.25) is 0 Å². The summed E-state index contributed by atoms with van der Waals surface area (Å²) in [6, 6.07) is 6.08. The zero-order valence-corrected chi connectivity index (χ0v) is 16.4. The lowest BCUT2D eigenvalue weighted by molar-refractivity contribution is 0.372. The maximum atomic E-state index is 6.18. The van der Waals surface area contributed by atoms with Crippen LogP contribution in [0.15, 0.2) is 29.5 Å². The van der Waals surface area contributed by atoms with Gasteiger partial charge in [0.15, 0.2) is 5.96 Å². The van der Waals surface area contributed by atoms with E-state index in [1.807, 2.05) is 13.1 Å². The average molecular weight is 376 g/mol. The second kappa shape index (κ2) is 8.40. The van der Waals surface area contributed by atoms with Gasteiger partial charge in [-0.1, -0.05) is 17.7 Å². The van der Waals surface area contributed by atoms with Crippen molar-refractivity contribution in [3.05, 3.63) is 40.9 Å². The number of hydrogen-bond acceptors (Lipinski definition) is 4. The number of aliphatic imine (C=N–C) groups is 1. The first-order valence-electron chi connectivity index (χ1n) is 8.95. The second-order valence-corrected chi connectivity index (χ2v) is 6.81. The molecular formula is C18H26ClN7. The average Bonchev–Trinajstić information content (AvgIpc) is 3.06. The third-order valence-corrected chi connectivity index (χ3v) is 4.84. The molecule has 26 heavy (non-hydrogen) atoms. The fourth-order valence-electron chi connectivity index (χ4n) is 3.12. The van der Waals surface area contributed by atoms with E-state index in [0.717, 1.165) is 49.5 Å². The summed E-state index contributed by atoms with van der Waals surface area (Å²) in [5.41, 5.74) is 2.48. The minimum Gasteiger partial charge on any atom is -0.368 e. The highest BCUT2D eigenvalue weighted by atomic mass is 35.5. The van der Waals surface area contributed by atoms with Crippen molar-refractivity contribution in [2.24, 2.45) is 12.0 Å². The topological polar surface area (TPSA) is 61.6 Å².